The molecule has 6 heteroatoms. The lowest BCUT2D eigenvalue weighted by Crippen LogP contribution is -2.26. The number of carbonyl (C=O) groups excluding carboxylic acids is 1. The molecule has 0 unspecified atom stereocenters. The first-order valence-corrected chi connectivity index (χ1v) is 10.4. The summed E-state index contributed by atoms with van der Waals surface area (Å²) in [5.74, 6) is 1.29. The van der Waals surface area contributed by atoms with Crippen molar-refractivity contribution in [2.45, 2.75) is 46.5 Å². The summed E-state index contributed by atoms with van der Waals surface area (Å²) in [5.41, 5.74) is 2.34. The van der Waals surface area contributed by atoms with Crippen molar-refractivity contribution in [3.8, 4) is 0 Å². The van der Waals surface area contributed by atoms with Crippen LogP contribution in [0.1, 0.15) is 55.8 Å². The highest BCUT2D eigenvalue weighted by atomic mass is 16.1. The second kappa shape index (κ2) is 9.53. The molecule has 1 aliphatic heterocycles. The summed E-state index contributed by atoms with van der Waals surface area (Å²) < 4.78 is 0. The zero-order chi connectivity index (χ0) is 19.9. The first-order chi connectivity index (χ1) is 13.6. The topological polar surface area (TPSA) is 61.4 Å². The number of amides is 1. The molecule has 0 bridgehead atoms. The van der Waals surface area contributed by atoms with Crippen LogP contribution >= 0.6 is 0 Å². The molecule has 1 fully saturated rings. The molecule has 3 rings (SSSR count). The Morgan fingerprint density at radius 3 is 2.29 bits per heavy atom. The molecule has 2 heterocycles. The van der Waals surface area contributed by atoms with E-state index in [0.717, 1.165) is 43.4 Å². The molecule has 0 radical (unpaired) electrons. The van der Waals surface area contributed by atoms with Crippen molar-refractivity contribution >= 4 is 23.1 Å². The molecule has 0 atom stereocenters. The summed E-state index contributed by atoms with van der Waals surface area (Å²) in [6, 6.07) is 9.77. The van der Waals surface area contributed by atoms with Crippen LogP contribution in [-0.4, -0.2) is 42.1 Å². The van der Waals surface area contributed by atoms with Crippen molar-refractivity contribution in [2.75, 3.05) is 41.3 Å². The SMILES string of the molecule is CCN(CC)c1ccc(NC(=O)c2cc(N3CCCCCC3)nc(C)n2)cc1. The predicted molar refractivity (Wildman–Crippen MR) is 115 cm³/mol. The van der Waals surface area contributed by atoms with Gasteiger partial charge in [-0.05, 0) is 57.9 Å². The number of benzene rings is 1. The lowest BCUT2D eigenvalue weighted by molar-refractivity contribution is 0.102. The Balaban J connectivity index is 1.73. The van der Waals surface area contributed by atoms with Crippen molar-refractivity contribution in [2.24, 2.45) is 0 Å². The van der Waals surface area contributed by atoms with Gasteiger partial charge in [0.15, 0.2) is 0 Å². The number of rotatable bonds is 6. The van der Waals surface area contributed by atoms with Gasteiger partial charge in [0.1, 0.15) is 17.3 Å². The lowest BCUT2D eigenvalue weighted by atomic mass is 10.2. The number of hydrogen-bond acceptors (Lipinski definition) is 5. The summed E-state index contributed by atoms with van der Waals surface area (Å²) in [6.45, 7) is 10.0. The van der Waals surface area contributed by atoms with Crippen LogP contribution in [0.15, 0.2) is 30.3 Å². The maximum atomic E-state index is 12.8. The molecule has 1 N–H and O–H groups in total. The maximum Gasteiger partial charge on any atom is 0.274 e. The summed E-state index contributed by atoms with van der Waals surface area (Å²) in [4.78, 5) is 26.2. The van der Waals surface area contributed by atoms with Gasteiger partial charge in [0, 0.05) is 43.6 Å². The molecular formula is C22H31N5O. The summed E-state index contributed by atoms with van der Waals surface area (Å²) >= 11 is 0. The highest BCUT2D eigenvalue weighted by molar-refractivity contribution is 6.03. The second-order valence-electron chi connectivity index (χ2n) is 7.23. The molecule has 1 aromatic heterocycles. The fourth-order valence-electron chi connectivity index (χ4n) is 3.67. The first kappa shape index (κ1) is 20.1. The van der Waals surface area contributed by atoms with Gasteiger partial charge in [0.05, 0.1) is 0 Å². The molecule has 6 nitrogen and oxygen atoms in total. The molecule has 1 aliphatic rings. The van der Waals surface area contributed by atoms with E-state index in [0.29, 0.717) is 11.5 Å². The Morgan fingerprint density at radius 2 is 1.68 bits per heavy atom. The van der Waals surface area contributed by atoms with E-state index in [4.69, 9.17) is 0 Å². The van der Waals surface area contributed by atoms with Gasteiger partial charge >= 0.3 is 0 Å². The summed E-state index contributed by atoms with van der Waals surface area (Å²) in [5, 5.41) is 2.96. The highest BCUT2D eigenvalue weighted by Gasteiger charge is 2.16. The van der Waals surface area contributed by atoms with Gasteiger partial charge in [-0.3, -0.25) is 4.79 Å². The molecule has 28 heavy (non-hydrogen) atoms. The average Bonchev–Trinajstić information content (AvgIpc) is 2.99. The fraction of sp³-hybridized carbons (Fsp3) is 0.500. The minimum absolute atomic E-state index is 0.197. The normalized spacial score (nSPS) is 14.5. The van der Waals surface area contributed by atoms with Crippen LogP contribution < -0.4 is 15.1 Å². The van der Waals surface area contributed by atoms with Crippen LogP contribution in [0.25, 0.3) is 0 Å². The molecule has 1 saturated heterocycles. The van der Waals surface area contributed by atoms with Crippen LogP contribution in [0, 0.1) is 6.92 Å². The molecule has 0 aliphatic carbocycles. The number of hydrogen-bond donors (Lipinski definition) is 1. The Morgan fingerprint density at radius 1 is 1.04 bits per heavy atom. The number of anilines is 3. The maximum absolute atomic E-state index is 12.8. The third-order valence-electron chi connectivity index (χ3n) is 5.24. The monoisotopic (exact) mass is 381 g/mol. The van der Waals surface area contributed by atoms with Gasteiger partial charge < -0.3 is 15.1 Å². The van der Waals surface area contributed by atoms with E-state index in [-0.39, 0.29) is 5.91 Å². The largest absolute Gasteiger partial charge is 0.372 e. The van der Waals surface area contributed by atoms with E-state index in [1.165, 1.54) is 25.7 Å². The van der Waals surface area contributed by atoms with Crippen molar-refractivity contribution in [1.82, 2.24) is 9.97 Å². The Kier molecular flexibility index (Phi) is 6.85. The third kappa shape index (κ3) is 5.00. The van der Waals surface area contributed by atoms with E-state index in [2.05, 4.69) is 38.9 Å². The highest BCUT2D eigenvalue weighted by Crippen LogP contribution is 2.20. The molecule has 1 aromatic carbocycles. The first-order valence-electron chi connectivity index (χ1n) is 10.4. The molecular weight excluding hydrogens is 350 g/mol. The smallest absolute Gasteiger partial charge is 0.274 e. The summed E-state index contributed by atoms with van der Waals surface area (Å²) in [7, 11) is 0. The quantitative estimate of drug-likeness (QED) is 0.810. The zero-order valence-electron chi connectivity index (χ0n) is 17.2. The Labute approximate surface area is 168 Å². The van der Waals surface area contributed by atoms with Crippen LogP contribution in [-0.2, 0) is 0 Å². The van der Waals surface area contributed by atoms with Crippen LogP contribution in [0.2, 0.25) is 0 Å². The van der Waals surface area contributed by atoms with E-state index < -0.39 is 0 Å². The average molecular weight is 382 g/mol. The lowest BCUT2D eigenvalue weighted by Gasteiger charge is -2.22. The zero-order valence-corrected chi connectivity index (χ0v) is 17.2. The van der Waals surface area contributed by atoms with E-state index in [1.54, 1.807) is 0 Å². The van der Waals surface area contributed by atoms with Crippen molar-refractivity contribution < 1.29 is 4.79 Å². The molecule has 0 spiro atoms. The molecule has 150 valence electrons. The van der Waals surface area contributed by atoms with Gasteiger partial charge in [-0.2, -0.15) is 0 Å². The van der Waals surface area contributed by atoms with Crippen molar-refractivity contribution in [3.63, 3.8) is 0 Å². The number of carbonyl (C=O) groups is 1. The minimum atomic E-state index is -0.197. The predicted octanol–water partition coefficient (Wildman–Crippen LogP) is 4.26. The van der Waals surface area contributed by atoms with Gasteiger partial charge in [0.25, 0.3) is 5.91 Å². The second-order valence-corrected chi connectivity index (χ2v) is 7.23. The molecule has 0 saturated carbocycles. The van der Waals surface area contributed by atoms with Crippen LogP contribution in [0.4, 0.5) is 17.2 Å². The Bertz CT molecular complexity index is 778. The van der Waals surface area contributed by atoms with E-state index in [1.807, 2.05) is 37.3 Å². The standard InChI is InChI=1S/C22H31N5O/c1-4-26(5-2)19-12-10-18(11-13-19)25-22(28)20-16-21(24-17(3)23-20)27-14-8-6-7-9-15-27/h10-13,16H,4-9,14-15H2,1-3H3,(H,25,28). The van der Waals surface area contributed by atoms with E-state index >= 15 is 0 Å². The minimum Gasteiger partial charge on any atom is -0.372 e. The molecule has 1 amide bonds. The van der Waals surface area contributed by atoms with Crippen LogP contribution in [0.3, 0.4) is 0 Å². The van der Waals surface area contributed by atoms with Gasteiger partial charge in [-0.1, -0.05) is 12.8 Å². The van der Waals surface area contributed by atoms with Gasteiger partial charge in [0.2, 0.25) is 0 Å². The van der Waals surface area contributed by atoms with Gasteiger partial charge in [-0.15, -0.1) is 0 Å². The summed E-state index contributed by atoms with van der Waals surface area (Å²) in [6.07, 6.45) is 4.86. The third-order valence-corrected chi connectivity index (χ3v) is 5.24. The number of aromatic nitrogens is 2. The number of aryl methyl sites for hydroxylation is 1. The van der Waals surface area contributed by atoms with E-state index in [9.17, 15) is 4.79 Å². The number of nitrogens with zero attached hydrogens (tertiary/aromatic N) is 4. The van der Waals surface area contributed by atoms with Crippen molar-refractivity contribution in [3.05, 3.63) is 41.9 Å². The fourth-order valence-corrected chi connectivity index (χ4v) is 3.67. The molecule has 2 aromatic rings. The number of nitrogens with one attached hydrogen (secondary N) is 1. The van der Waals surface area contributed by atoms with Gasteiger partial charge in [-0.25, -0.2) is 9.97 Å². The van der Waals surface area contributed by atoms with Crippen LogP contribution in [0.5, 0.6) is 0 Å². The Hall–Kier alpha value is -2.63. The van der Waals surface area contributed by atoms with Crippen molar-refractivity contribution in [1.29, 1.82) is 0 Å².